The number of nitrogens with one attached hydrogen (secondary N) is 1. The van der Waals surface area contributed by atoms with Gasteiger partial charge in [0.1, 0.15) is 11.4 Å². The van der Waals surface area contributed by atoms with Crippen LogP contribution in [-0.2, 0) is 10.2 Å². The second kappa shape index (κ2) is 10.5. The number of halogens is 1. The van der Waals surface area contributed by atoms with Crippen LogP contribution in [0.3, 0.4) is 0 Å². The number of amides is 1. The number of carbonyl (C=O) groups excluding carboxylic acids is 1. The smallest absolute Gasteiger partial charge is 0.407 e. The number of rotatable bonds is 4. The maximum Gasteiger partial charge on any atom is 0.407 e. The highest BCUT2D eigenvalue weighted by Crippen LogP contribution is 2.36. The fourth-order valence-electron chi connectivity index (χ4n) is 3.07. The molecule has 0 saturated carbocycles. The molecule has 1 amide bonds. The molecule has 1 aromatic carbocycles. The molecule has 1 N–H and O–H groups in total. The lowest BCUT2D eigenvalue weighted by atomic mass is 9.74. The average Bonchev–Trinajstić information content (AvgIpc) is 2.59. The molecule has 0 radical (unpaired) electrons. The van der Waals surface area contributed by atoms with Gasteiger partial charge < -0.3 is 15.0 Å². The number of piperidine rings is 1. The van der Waals surface area contributed by atoms with Gasteiger partial charge in [-0.1, -0.05) is 45.9 Å². The zero-order valence-corrected chi connectivity index (χ0v) is 18.4. The number of hydrogen-bond donors (Lipinski definition) is 1. The second-order valence-corrected chi connectivity index (χ2v) is 8.69. The molecular formula is C23H37FN2O2. The number of hydrogen-bond acceptors (Lipinski definition) is 3. The molecule has 1 aliphatic heterocycles. The number of nitrogens with zero attached hydrogens (tertiary/aromatic N) is 1. The summed E-state index contributed by atoms with van der Waals surface area (Å²) in [6.45, 7) is 18.0. The summed E-state index contributed by atoms with van der Waals surface area (Å²) in [5.41, 5.74) is 1.37. The van der Waals surface area contributed by atoms with Crippen molar-refractivity contribution in [1.82, 2.24) is 10.2 Å². The molecule has 5 heteroatoms. The van der Waals surface area contributed by atoms with E-state index in [9.17, 15) is 9.18 Å². The summed E-state index contributed by atoms with van der Waals surface area (Å²) >= 11 is 0. The van der Waals surface area contributed by atoms with E-state index in [0.29, 0.717) is 6.54 Å². The number of alkyl carbamates (subject to hydrolysis) is 1. The summed E-state index contributed by atoms with van der Waals surface area (Å²) in [5, 5.41) is 2.74. The van der Waals surface area contributed by atoms with Crippen LogP contribution < -0.4 is 5.32 Å². The zero-order chi connectivity index (χ0) is 21.4. The van der Waals surface area contributed by atoms with Gasteiger partial charge in [-0.3, -0.25) is 0 Å². The molecule has 1 fully saturated rings. The molecule has 0 atom stereocenters. The minimum Gasteiger partial charge on any atom is -0.444 e. The molecule has 0 bridgehead atoms. The van der Waals surface area contributed by atoms with Gasteiger partial charge in [0.15, 0.2) is 0 Å². The van der Waals surface area contributed by atoms with E-state index in [1.807, 2.05) is 26.8 Å². The van der Waals surface area contributed by atoms with Crippen molar-refractivity contribution in [3.05, 3.63) is 47.9 Å². The monoisotopic (exact) mass is 392 g/mol. The third kappa shape index (κ3) is 7.91. The normalized spacial score (nSPS) is 15.9. The molecule has 0 spiro atoms. The van der Waals surface area contributed by atoms with Crippen molar-refractivity contribution in [2.45, 2.75) is 71.8 Å². The highest BCUT2D eigenvalue weighted by Gasteiger charge is 2.32. The molecule has 1 heterocycles. The van der Waals surface area contributed by atoms with Crippen molar-refractivity contribution >= 4 is 6.09 Å². The van der Waals surface area contributed by atoms with E-state index < -0.39 is 11.7 Å². The van der Waals surface area contributed by atoms with E-state index in [1.54, 1.807) is 12.1 Å². The van der Waals surface area contributed by atoms with Crippen molar-refractivity contribution in [2.75, 3.05) is 19.6 Å². The topological polar surface area (TPSA) is 41.6 Å². The first-order chi connectivity index (χ1) is 13.0. The SMILES string of the molecule is C=C(CNC(=O)OC(C)(C)C)N1CCC(C)(c2cccc(F)c2)CC1.CCC. The Morgan fingerprint density at radius 2 is 1.86 bits per heavy atom. The highest BCUT2D eigenvalue weighted by molar-refractivity contribution is 5.67. The van der Waals surface area contributed by atoms with Crippen LogP contribution in [0.15, 0.2) is 36.5 Å². The molecule has 1 aliphatic rings. The molecule has 0 aliphatic carbocycles. The summed E-state index contributed by atoms with van der Waals surface area (Å²) in [5.74, 6) is -0.188. The lowest BCUT2D eigenvalue weighted by molar-refractivity contribution is 0.0527. The van der Waals surface area contributed by atoms with Crippen LogP contribution in [0.1, 0.15) is 66.4 Å². The molecular weight excluding hydrogens is 355 g/mol. The molecule has 2 rings (SSSR count). The Balaban J connectivity index is 0.00000122. The summed E-state index contributed by atoms with van der Waals surface area (Å²) in [6, 6.07) is 6.88. The van der Waals surface area contributed by atoms with Gasteiger partial charge in [0.25, 0.3) is 0 Å². The molecule has 28 heavy (non-hydrogen) atoms. The predicted molar refractivity (Wildman–Crippen MR) is 114 cm³/mol. The maximum atomic E-state index is 13.5. The molecule has 1 aromatic rings. The first-order valence-electron chi connectivity index (χ1n) is 10.2. The van der Waals surface area contributed by atoms with E-state index in [1.165, 1.54) is 12.5 Å². The van der Waals surface area contributed by atoms with Gasteiger partial charge in [-0.2, -0.15) is 0 Å². The van der Waals surface area contributed by atoms with Crippen LogP contribution in [0.5, 0.6) is 0 Å². The van der Waals surface area contributed by atoms with Gasteiger partial charge in [0, 0.05) is 18.8 Å². The molecule has 0 unspecified atom stereocenters. The van der Waals surface area contributed by atoms with Crippen molar-refractivity contribution in [2.24, 2.45) is 0 Å². The van der Waals surface area contributed by atoms with Gasteiger partial charge in [0.2, 0.25) is 0 Å². The zero-order valence-electron chi connectivity index (χ0n) is 18.4. The average molecular weight is 393 g/mol. The van der Waals surface area contributed by atoms with Crippen LogP contribution in [0.4, 0.5) is 9.18 Å². The Hall–Kier alpha value is -2.04. The third-order valence-electron chi connectivity index (χ3n) is 4.67. The van der Waals surface area contributed by atoms with Crippen LogP contribution in [0, 0.1) is 5.82 Å². The number of benzene rings is 1. The largest absolute Gasteiger partial charge is 0.444 e. The lowest BCUT2D eigenvalue weighted by Crippen LogP contribution is -2.43. The van der Waals surface area contributed by atoms with Crippen LogP contribution in [0.2, 0.25) is 0 Å². The van der Waals surface area contributed by atoms with E-state index in [-0.39, 0.29) is 11.2 Å². The van der Waals surface area contributed by atoms with Crippen LogP contribution in [-0.4, -0.2) is 36.2 Å². The molecule has 0 aromatic heterocycles. The molecule has 158 valence electrons. The van der Waals surface area contributed by atoms with Gasteiger partial charge >= 0.3 is 6.09 Å². The summed E-state index contributed by atoms with van der Waals surface area (Å²) in [7, 11) is 0. The number of carbonyl (C=O) groups is 1. The van der Waals surface area contributed by atoms with Crippen LogP contribution in [0.25, 0.3) is 0 Å². The van der Waals surface area contributed by atoms with E-state index in [0.717, 1.165) is 37.2 Å². The van der Waals surface area contributed by atoms with Crippen LogP contribution >= 0.6 is 0 Å². The molecule has 4 nitrogen and oxygen atoms in total. The van der Waals surface area contributed by atoms with Gasteiger partial charge in [-0.25, -0.2) is 9.18 Å². The van der Waals surface area contributed by atoms with Crippen molar-refractivity contribution in [3.63, 3.8) is 0 Å². The van der Waals surface area contributed by atoms with Crippen molar-refractivity contribution in [3.8, 4) is 0 Å². The van der Waals surface area contributed by atoms with Gasteiger partial charge in [0.05, 0.1) is 6.54 Å². The van der Waals surface area contributed by atoms with E-state index in [2.05, 4.69) is 37.6 Å². The standard InChI is InChI=1S/C20H29FN2O2.C3H8/c1-15(14-22-18(24)25-19(2,3)4)23-11-9-20(5,10-12-23)16-7-6-8-17(21)13-16;1-3-2/h6-8,13H,1,9-12,14H2,2-5H3,(H,22,24);3H2,1-2H3. The highest BCUT2D eigenvalue weighted by atomic mass is 19.1. The first kappa shape index (κ1) is 24.0. The summed E-state index contributed by atoms with van der Waals surface area (Å²) < 4.78 is 18.7. The second-order valence-electron chi connectivity index (χ2n) is 8.69. The predicted octanol–water partition coefficient (Wildman–Crippen LogP) is 5.63. The van der Waals surface area contributed by atoms with Gasteiger partial charge in [-0.15, -0.1) is 0 Å². The fourth-order valence-corrected chi connectivity index (χ4v) is 3.07. The van der Waals surface area contributed by atoms with Gasteiger partial charge in [-0.05, 0) is 56.7 Å². The Morgan fingerprint density at radius 1 is 1.29 bits per heavy atom. The Morgan fingerprint density at radius 3 is 2.36 bits per heavy atom. The van der Waals surface area contributed by atoms with Crippen molar-refractivity contribution < 1.29 is 13.9 Å². The quantitative estimate of drug-likeness (QED) is 0.721. The van der Waals surface area contributed by atoms with Crippen molar-refractivity contribution in [1.29, 1.82) is 0 Å². The summed E-state index contributed by atoms with van der Waals surface area (Å²) in [4.78, 5) is 13.9. The molecule has 1 saturated heterocycles. The Bertz CT molecular complexity index is 644. The van der Waals surface area contributed by atoms with E-state index in [4.69, 9.17) is 4.74 Å². The minimum atomic E-state index is -0.511. The Kier molecular flexibility index (Phi) is 8.99. The summed E-state index contributed by atoms with van der Waals surface area (Å²) in [6.07, 6.45) is 2.65. The fraction of sp³-hybridized carbons (Fsp3) is 0.609. The first-order valence-corrected chi connectivity index (χ1v) is 10.2. The lowest BCUT2D eigenvalue weighted by Gasteiger charge is -2.41. The number of ether oxygens (including phenoxy) is 1. The minimum absolute atomic E-state index is 0.0303. The third-order valence-corrected chi connectivity index (χ3v) is 4.67. The maximum absolute atomic E-state index is 13.5. The Labute approximate surface area is 170 Å². The number of likely N-dealkylation sites (tertiary alicyclic amines) is 1. The van der Waals surface area contributed by atoms with E-state index >= 15 is 0 Å².